The first-order chi connectivity index (χ1) is 34.2. The summed E-state index contributed by atoms with van der Waals surface area (Å²) in [5.74, 6) is -1.48. The molecule has 0 saturated carbocycles. The smallest absolute Gasteiger partial charge is 0.329 e. The Morgan fingerprint density at radius 3 is 2.31 bits per heavy atom. The van der Waals surface area contributed by atoms with E-state index in [1.54, 1.807) is 43.2 Å². The molecule has 2 aromatic carbocycles. The van der Waals surface area contributed by atoms with Crippen molar-refractivity contribution in [3.63, 3.8) is 0 Å². The number of hydrogen-bond acceptors (Lipinski definition) is 10. The highest BCUT2D eigenvalue weighted by atomic mass is 19.1. The Morgan fingerprint density at radius 1 is 0.859 bits per heavy atom. The second-order valence-electron chi connectivity index (χ2n) is 19.8. The van der Waals surface area contributed by atoms with Crippen molar-refractivity contribution < 1.29 is 23.2 Å². The van der Waals surface area contributed by atoms with Gasteiger partial charge in [0.05, 0.1) is 16.7 Å². The van der Waals surface area contributed by atoms with Crippen LogP contribution >= 0.6 is 0 Å². The molecule has 3 fully saturated rings. The minimum Gasteiger partial charge on any atom is -0.388 e. The maximum atomic E-state index is 16.1. The van der Waals surface area contributed by atoms with Gasteiger partial charge in [0.25, 0.3) is 11.5 Å². The van der Waals surface area contributed by atoms with E-state index in [-0.39, 0.29) is 42.1 Å². The molecule has 3 saturated heterocycles. The van der Waals surface area contributed by atoms with Gasteiger partial charge in [-0.2, -0.15) is 0 Å². The molecule has 6 aromatic rings. The number of carbonyl (C=O) groups is 3. The Hall–Kier alpha value is -6.76. The SMILES string of the molecule is CNc1ccn(-c2ccnc3c2cc([C@H](C)N2CC=C(c4c(C)cc(C(=O)N5CCC(CN6CCN(Cc7cc8c(cc7F)n([C@@H]7CCC(=O)NC7=O)c(=O)n8C)CC6)CC5)cc4F)CC2)n3C)c(=O)c1. The molecular weight excluding hydrogens is 909 g/mol. The number of aryl methyl sites for hydroxylation is 3. The lowest BCUT2D eigenvalue weighted by molar-refractivity contribution is -0.135. The van der Waals surface area contributed by atoms with Crippen LogP contribution in [-0.4, -0.2) is 127 Å². The highest BCUT2D eigenvalue weighted by Gasteiger charge is 2.33. The number of rotatable bonds is 11. The van der Waals surface area contributed by atoms with E-state index in [1.165, 1.54) is 21.3 Å². The number of halogens is 2. The van der Waals surface area contributed by atoms with Gasteiger partial charge < -0.3 is 19.7 Å². The molecule has 0 unspecified atom stereocenters. The Morgan fingerprint density at radius 2 is 1.62 bits per heavy atom. The minimum atomic E-state index is -0.875. The number of aromatic nitrogens is 5. The summed E-state index contributed by atoms with van der Waals surface area (Å²) in [7, 11) is 5.39. The summed E-state index contributed by atoms with van der Waals surface area (Å²) < 4.78 is 38.2. The predicted molar refractivity (Wildman–Crippen MR) is 268 cm³/mol. The monoisotopic (exact) mass is 969 g/mol. The van der Waals surface area contributed by atoms with Crippen molar-refractivity contribution in [2.75, 3.05) is 71.3 Å². The summed E-state index contributed by atoms with van der Waals surface area (Å²) in [5, 5.41) is 6.19. The fourth-order valence-electron chi connectivity index (χ4n) is 11.4. The first kappa shape index (κ1) is 47.9. The van der Waals surface area contributed by atoms with Gasteiger partial charge in [0, 0.05) is 157 Å². The van der Waals surface area contributed by atoms with Crippen molar-refractivity contribution in [1.29, 1.82) is 0 Å². The third-order valence-corrected chi connectivity index (χ3v) is 15.5. The zero-order chi connectivity index (χ0) is 49.8. The minimum absolute atomic E-state index is 0.0195. The Kier molecular flexibility index (Phi) is 13.1. The summed E-state index contributed by atoms with van der Waals surface area (Å²) >= 11 is 0. The fourth-order valence-corrected chi connectivity index (χ4v) is 11.4. The first-order valence-corrected chi connectivity index (χ1v) is 24.7. The zero-order valence-corrected chi connectivity index (χ0v) is 41.0. The zero-order valence-electron chi connectivity index (χ0n) is 41.0. The molecule has 71 heavy (non-hydrogen) atoms. The van der Waals surface area contributed by atoms with Crippen LogP contribution in [0.4, 0.5) is 14.5 Å². The largest absolute Gasteiger partial charge is 0.388 e. The highest BCUT2D eigenvalue weighted by Crippen LogP contribution is 2.35. The predicted octanol–water partition coefficient (Wildman–Crippen LogP) is 5.50. The van der Waals surface area contributed by atoms with Gasteiger partial charge in [-0.25, -0.2) is 18.6 Å². The molecular formula is C53H61F2N11O5. The number of fused-ring (bicyclic) bond motifs is 2. The summed E-state index contributed by atoms with van der Waals surface area (Å²) in [4.78, 5) is 77.9. The standard InChI is InChI=1S/C53H61F2N11O5/c1-32-24-36(25-41(55)49(32)35-11-17-63(18-12-35)33(2)44-28-39-42(8-14-57-50(39)59(44)4)65-19-13-38(56-3)27-48(65)68)52(70)64-15-9-34(10-16-64)30-61-20-22-62(23-21-61)31-37-26-45-46(29-40(37)54)66(53(71)60(45)5)43-6-7-47(67)58-51(43)69/h8,11,13-14,19,24-29,33-34,43,56H,6-7,9-10,12,15-18,20-23,30-31H2,1-5H3,(H,58,67,69)/t33-,43+/m0/s1. The molecule has 0 radical (unpaired) electrons. The van der Waals surface area contributed by atoms with Gasteiger partial charge in [0.15, 0.2) is 0 Å². The molecule has 2 N–H and O–H groups in total. The Balaban J connectivity index is 0.715. The number of amides is 3. The van der Waals surface area contributed by atoms with Crippen molar-refractivity contribution in [1.82, 2.24) is 48.2 Å². The molecule has 372 valence electrons. The van der Waals surface area contributed by atoms with Gasteiger partial charge in [0.2, 0.25) is 11.8 Å². The average Bonchev–Trinajstić information content (AvgIpc) is 3.82. The third-order valence-electron chi connectivity index (χ3n) is 15.5. The van der Waals surface area contributed by atoms with Crippen LogP contribution in [0.2, 0.25) is 0 Å². The van der Waals surface area contributed by atoms with Crippen LogP contribution in [-0.2, 0) is 30.2 Å². The van der Waals surface area contributed by atoms with E-state index in [4.69, 9.17) is 0 Å². The lowest BCUT2D eigenvalue weighted by Gasteiger charge is -2.39. The number of nitrogens with zero attached hydrogens (tertiary/aromatic N) is 9. The lowest BCUT2D eigenvalue weighted by atomic mass is 9.92. The first-order valence-electron chi connectivity index (χ1n) is 24.7. The van der Waals surface area contributed by atoms with Crippen molar-refractivity contribution in [2.24, 2.45) is 20.0 Å². The quantitative estimate of drug-likeness (QED) is 0.159. The third kappa shape index (κ3) is 9.12. The fraction of sp³-hybridized carbons (Fsp3) is 0.434. The van der Waals surface area contributed by atoms with Gasteiger partial charge in [-0.3, -0.25) is 48.0 Å². The number of anilines is 1. The van der Waals surface area contributed by atoms with Crippen LogP contribution < -0.4 is 21.9 Å². The molecule has 16 nitrogen and oxygen atoms in total. The van der Waals surface area contributed by atoms with Crippen LogP contribution in [0, 0.1) is 24.5 Å². The number of carbonyl (C=O) groups excluding carboxylic acids is 3. The summed E-state index contributed by atoms with van der Waals surface area (Å²) in [6.07, 6.45) is 8.27. The van der Waals surface area contributed by atoms with Crippen molar-refractivity contribution in [3.05, 3.63) is 127 Å². The van der Waals surface area contributed by atoms with E-state index >= 15 is 8.78 Å². The van der Waals surface area contributed by atoms with E-state index in [0.29, 0.717) is 66.2 Å². The summed E-state index contributed by atoms with van der Waals surface area (Å²) in [5.41, 5.74) is 6.78. The number of pyridine rings is 2. The van der Waals surface area contributed by atoms with E-state index < -0.39 is 23.5 Å². The number of imidazole rings is 1. The molecule has 4 aromatic heterocycles. The number of piperazine rings is 1. The average molecular weight is 970 g/mol. The van der Waals surface area contributed by atoms with Crippen LogP contribution in [0.5, 0.6) is 0 Å². The molecule has 2 atom stereocenters. The number of hydrogen-bond donors (Lipinski definition) is 2. The van der Waals surface area contributed by atoms with Crippen LogP contribution in [0.1, 0.15) is 83.9 Å². The lowest BCUT2D eigenvalue weighted by Crippen LogP contribution is -2.48. The number of piperidine rings is 2. The number of nitrogens with one attached hydrogen (secondary N) is 2. The van der Waals surface area contributed by atoms with Crippen molar-refractivity contribution in [2.45, 2.75) is 64.6 Å². The Bertz CT molecular complexity index is 3220. The van der Waals surface area contributed by atoms with Crippen LogP contribution in [0.15, 0.2) is 76.6 Å². The van der Waals surface area contributed by atoms with Crippen molar-refractivity contribution in [3.8, 4) is 5.69 Å². The number of benzene rings is 2. The number of imide groups is 1. The molecule has 0 bridgehead atoms. The van der Waals surface area contributed by atoms with Crippen LogP contribution in [0.25, 0.3) is 33.3 Å². The van der Waals surface area contributed by atoms with E-state index in [9.17, 15) is 24.0 Å². The molecule has 3 amide bonds. The van der Waals surface area contributed by atoms with Gasteiger partial charge in [-0.15, -0.1) is 0 Å². The van der Waals surface area contributed by atoms with Gasteiger partial charge in [0.1, 0.15) is 23.3 Å². The normalized spacial score (nSPS) is 19.4. The van der Waals surface area contributed by atoms with E-state index in [1.807, 2.05) is 37.1 Å². The van der Waals surface area contributed by atoms with E-state index in [2.05, 4.69) is 54.0 Å². The molecule has 4 aliphatic rings. The maximum absolute atomic E-state index is 16.1. The Labute approximate surface area is 410 Å². The van der Waals surface area contributed by atoms with E-state index in [0.717, 1.165) is 91.3 Å². The van der Waals surface area contributed by atoms with Gasteiger partial charge in [-0.1, -0.05) is 6.08 Å². The second-order valence-corrected chi connectivity index (χ2v) is 19.8. The maximum Gasteiger partial charge on any atom is 0.329 e. The molecule has 0 spiro atoms. The highest BCUT2D eigenvalue weighted by molar-refractivity contribution is 6.00. The van der Waals surface area contributed by atoms with Gasteiger partial charge >= 0.3 is 5.69 Å². The van der Waals surface area contributed by atoms with Crippen molar-refractivity contribution >= 4 is 51.0 Å². The molecule has 8 heterocycles. The molecule has 4 aliphatic heterocycles. The summed E-state index contributed by atoms with van der Waals surface area (Å²) in [6.45, 7) is 11.1. The summed E-state index contributed by atoms with van der Waals surface area (Å²) in [6, 6.07) is 12.8. The molecule has 18 heteroatoms. The second kappa shape index (κ2) is 19.4. The van der Waals surface area contributed by atoms with Crippen LogP contribution in [0.3, 0.4) is 0 Å². The topological polar surface area (TPSA) is 155 Å². The van der Waals surface area contributed by atoms with Gasteiger partial charge in [-0.05, 0) is 93.0 Å². The number of likely N-dealkylation sites (tertiary alicyclic amines) is 1. The molecule has 0 aliphatic carbocycles. The molecule has 10 rings (SSSR count).